The first-order valence-electron chi connectivity index (χ1n) is 6.61. The maximum absolute atomic E-state index is 12.7. The van der Waals surface area contributed by atoms with E-state index in [1.54, 1.807) is 19.1 Å². The van der Waals surface area contributed by atoms with Crippen molar-refractivity contribution in [3.8, 4) is 22.9 Å². The molecule has 112 valence electrons. The van der Waals surface area contributed by atoms with E-state index in [0.717, 1.165) is 0 Å². The summed E-state index contributed by atoms with van der Waals surface area (Å²) in [4.78, 5) is 17.1. The quantitative estimate of drug-likeness (QED) is 0.757. The number of phenolic OH excluding ortho intramolecular Hbond substituents is 2. The number of hydrogen-bond acceptors (Lipinski definition) is 5. The predicted octanol–water partition coefficient (Wildman–Crippen LogP) is 2.11. The number of hydrogen-bond donors (Lipinski definition) is 2. The number of methoxy groups -OCH3 is 1. The Hall–Kier alpha value is -3.02. The van der Waals surface area contributed by atoms with Crippen molar-refractivity contribution in [3.05, 3.63) is 52.6 Å². The summed E-state index contributed by atoms with van der Waals surface area (Å²) in [7, 11) is 1.41. The van der Waals surface area contributed by atoms with E-state index in [-0.39, 0.29) is 22.8 Å². The Bertz CT molecular complexity index is 914. The van der Waals surface area contributed by atoms with Crippen LogP contribution in [0, 0.1) is 6.92 Å². The number of nitrogens with zero attached hydrogens (tertiary/aromatic N) is 2. The molecular weight excluding hydrogens is 284 g/mol. The minimum absolute atomic E-state index is 0.0660. The highest BCUT2D eigenvalue weighted by Crippen LogP contribution is 2.32. The first kappa shape index (κ1) is 13.9. The van der Waals surface area contributed by atoms with Gasteiger partial charge in [0.1, 0.15) is 17.1 Å². The number of rotatable bonds is 2. The van der Waals surface area contributed by atoms with Gasteiger partial charge in [0.2, 0.25) is 0 Å². The van der Waals surface area contributed by atoms with Gasteiger partial charge in [-0.3, -0.25) is 9.36 Å². The normalized spacial score (nSPS) is 10.8. The highest BCUT2D eigenvalue weighted by atomic mass is 16.5. The molecule has 2 aromatic carbocycles. The second-order valence-corrected chi connectivity index (χ2v) is 4.83. The van der Waals surface area contributed by atoms with Gasteiger partial charge in [-0.05, 0) is 43.3 Å². The molecule has 0 fully saturated rings. The summed E-state index contributed by atoms with van der Waals surface area (Å²) in [5.41, 5.74) is 0.647. The van der Waals surface area contributed by atoms with Crippen molar-refractivity contribution in [3.63, 3.8) is 0 Å². The summed E-state index contributed by atoms with van der Waals surface area (Å²) in [6.45, 7) is 1.69. The van der Waals surface area contributed by atoms with Crippen molar-refractivity contribution in [1.82, 2.24) is 9.55 Å². The van der Waals surface area contributed by atoms with Crippen molar-refractivity contribution < 1.29 is 14.9 Å². The van der Waals surface area contributed by atoms with Crippen LogP contribution >= 0.6 is 0 Å². The van der Waals surface area contributed by atoms with Gasteiger partial charge in [0, 0.05) is 0 Å². The summed E-state index contributed by atoms with van der Waals surface area (Å²) in [5, 5.41) is 19.5. The van der Waals surface area contributed by atoms with E-state index in [1.807, 2.05) is 0 Å². The summed E-state index contributed by atoms with van der Waals surface area (Å²) in [6, 6.07) is 9.19. The number of aryl methyl sites for hydroxylation is 1. The molecule has 0 bridgehead atoms. The van der Waals surface area contributed by atoms with Gasteiger partial charge in [-0.2, -0.15) is 0 Å². The zero-order valence-electron chi connectivity index (χ0n) is 12.1. The Morgan fingerprint density at radius 2 is 1.77 bits per heavy atom. The lowest BCUT2D eigenvalue weighted by atomic mass is 10.2. The van der Waals surface area contributed by atoms with Gasteiger partial charge in [-0.1, -0.05) is 0 Å². The van der Waals surface area contributed by atoms with Gasteiger partial charge in [0.15, 0.2) is 11.5 Å². The van der Waals surface area contributed by atoms with Crippen molar-refractivity contribution >= 4 is 10.9 Å². The van der Waals surface area contributed by atoms with Crippen LogP contribution < -0.4 is 10.3 Å². The van der Waals surface area contributed by atoms with E-state index < -0.39 is 0 Å². The minimum Gasteiger partial charge on any atom is -0.508 e. The highest BCUT2D eigenvalue weighted by Gasteiger charge is 2.15. The first-order valence-corrected chi connectivity index (χ1v) is 6.61. The molecule has 3 aromatic rings. The van der Waals surface area contributed by atoms with E-state index in [0.29, 0.717) is 22.4 Å². The molecule has 1 heterocycles. The molecule has 1 aromatic heterocycles. The molecule has 0 aliphatic carbocycles. The fourth-order valence-corrected chi connectivity index (χ4v) is 2.43. The SMILES string of the molecule is COc1c(O)ccc2c(=O)n(-c3ccc(O)cc3)c(C)nc12. The smallest absolute Gasteiger partial charge is 0.266 e. The third-order valence-electron chi connectivity index (χ3n) is 3.45. The van der Waals surface area contributed by atoms with Crippen molar-refractivity contribution in [2.75, 3.05) is 7.11 Å². The van der Waals surface area contributed by atoms with Crippen molar-refractivity contribution in [2.24, 2.45) is 0 Å². The molecular formula is C16H14N2O4. The molecule has 0 saturated heterocycles. The average molecular weight is 298 g/mol. The molecule has 0 radical (unpaired) electrons. The molecule has 3 rings (SSSR count). The zero-order valence-corrected chi connectivity index (χ0v) is 12.1. The van der Waals surface area contributed by atoms with Crippen molar-refractivity contribution in [2.45, 2.75) is 6.92 Å². The van der Waals surface area contributed by atoms with E-state index in [2.05, 4.69) is 4.98 Å². The second-order valence-electron chi connectivity index (χ2n) is 4.83. The Balaban J connectivity index is 2.37. The molecule has 0 unspecified atom stereocenters. The molecule has 22 heavy (non-hydrogen) atoms. The fraction of sp³-hybridized carbons (Fsp3) is 0.125. The Kier molecular flexibility index (Phi) is 3.21. The molecule has 2 N–H and O–H groups in total. The fourth-order valence-electron chi connectivity index (χ4n) is 2.43. The molecule has 0 saturated carbocycles. The van der Waals surface area contributed by atoms with E-state index >= 15 is 0 Å². The monoisotopic (exact) mass is 298 g/mol. The van der Waals surface area contributed by atoms with E-state index in [4.69, 9.17) is 4.74 Å². The van der Waals surface area contributed by atoms with Crippen LogP contribution in [0.3, 0.4) is 0 Å². The lowest BCUT2D eigenvalue weighted by Gasteiger charge is -2.13. The highest BCUT2D eigenvalue weighted by molar-refractivity contribution is 5.86. The number of benzene rings is 2. The van der Waals surface area contributed by atoms with E-state index in [1.165, 1.54) is 35.9 Å². The predicted molar refractivity (Wildman–Crippen MR) is 82.0 cm³/mol. The number of aromatic hydroxyl groups is 2. The van der Waals surface area contributed by atoms with Crippen LogP contribution in [0.2, 0.25) is 0 Å². The summed E-state index contributed by atoms with van der Waals surface area (Å²) < 4.78 is 6.58. The molecule has 0 atom stereocenters. The molecule has 0 spiro atoms. The Morgan fingerprint density at radius 1 is 1.09 bits per heavy atom. The summed E-state index contributed by atoms with van der Waals surface area (Å²) in [5.74, 6) is 0.682. The second kappa shape index (κ2) is 5.07. The largest absolute Gasteiger partial charge is 0.508 e. The van der Waals surface area contributed by atoms with Crippen molar-refractivity contribution in [1.29, 1.82) is 0 Å². The topological polar surface area (TPSA) is 84.6 Å². The van der Waals surface area contributed by atoms with Gasteiger partial charge >= 0.3 is 0 Å². The standard InChI is InChI=1S/C16H14N2O4/c1-9-17-14-12(7-8-13(20)15(14)22-2)16(21)18(9)10-3-5-11(19)6-4-10/h3-8,19-20H,1-2H3. The lowest BCUT2D eigenvalue weighted by Crippen LogP contribution is -2.22. The molecule has 6 nitrogen and oxygen atoms in total. The Morgan fingerprint density at radius 3 is 2.41 bits per heavy atom. The van der Waals surface area contributed by atoms with Crippen LogP contribution in [0.4, 0.5) is 0 Å². The van der Waals surface area contributed by atoms with Gasteiger partial charge in [-0.15, -0.1) is 0 Å². The number of fused-ring (bicyclic) bond motifs is 1. The molecule has 6 heteroatoms. The average Bonchev–Trinajstić information content (AvgIpc) is 2.49. The maximum atomic E-state index is 12.7. The van der Waals surface area contributed by atoms with Gasteiger partial charge in [0.05, 0.1) is 18.2 Å². The number of aromatic nitrogens is 2. The third kappa shape index (κ3) is 2.05. The molecule has 0 aliphatic heterocycles. The van der Waals surface area contributed by atoms with E-state index in [9.17, 15) is 15.0 Å². The van der Waals surface area contributed by atoms with Crippen LogP contribution in [0.25, 0.3) is 16.6 Å². The van der Waals surface area contributed by atoms with Crippen LogP contribution in [-0.2, 0) is 0 Å². The van der Waals surface area contributed by atoms with Crippen LogP contribution in [0.1, 0.15) is 5.82 Å². The van der Waals surface area contributed by atoms with Gasteiger partial charge < -0.3 is 14.9 Å². The minimum atomic E-state index is -0.272. The molecule has 0 aliphatic rings. The summed E-state index contributed by atoms with van der Waals surface area (Å²) >= 11 is 0. The molecule has 0 amide bonds. The number of phenols is 2. The van der Waals surface area contributed by atoms with Crippen LogP contribution in [0.15, 0.2) is 41.2 Å². The lowest BCUT2D eigenvalue weighted by molar-refractivity contribution is 0.377. The number of ether oxygens (including phenoxy) is 1. The first-order chi connectivity index (χ1) is 10.5. The maximum Gasteiger partial charge on any atom is 0.266 e. The van der Waals surface area contributed by atoms with Gasteiger partial charge in [0.25, 0.3) is 5.56 Å². The van der Waals surface area contributed by atoms with Gasteiger partial charge in [-0.25, -0.2) is 4.98 Å². The van der Waals surface area contributed by atoms with Crippen LogP contribution in [0.5, 0.6) is 17.2 Å². The zero-order chi connectivity index (χ0) is 15.9. The Labute approximate surface area is 125 Å². The third-order valence-corrected chi connectivity index (χ3v) is 3.45. The summed E-state index contributed by atoms with van der Waals surface area (Å²) in [6.07, 6.45) is 0. The van der Waals surface area contributed by atoms with Crippen LogP contribution in [-0.4, -0.2) is 26.9 Å².